The van der Waals surface area contributed by atoms with Crippen LogP contribution in [0.25, 0.3) is 0 Å². The van der Waals surface area contributed by atoms with Gasteiger partial charge in [0.1, 0.15) is 0 Å². The Morgan fingerprint density at radius 3 is 3.05 bits per heavy atom. The summed E-state index contributed by atoms with van der Waals surface area (Å²) in [6.45, 7) is 3.72. The van der Waals surface area contributed by atoms with Crippen molar-refractivity contribution in [3.8, 4) is 6.07 Å². The van der Waals surface area contributed by atoms with Crippen molar-refractivity contribution in [2.75, 3.05) is 13.6 Å². The van der Waals surface area contributed by atoms with Gasteiger partial charge in [0.2, 0.25) is 0 Å². The van der Waals surface area contributed by atoms with Gasteiger partial charge in [0.25, 0.3) is 5.91 Å². The van der Waals surface area contributed by atoms with Crippen LogP contribution >= 0.6 is 0 Å². The molecule has 0 saturated carbocycles. The predicted octanol–water partition coefficient (Wildman–Crippen LogP) is 1.71. The summed E-state index contributed by atoms with van der Waals surface area (Å²) >= 11 is 0. The SMILES string of the molecule is CC(CC#N)N(C)C(=O)c1ccc2c(c1)CNCC2. The molecule has 1 N–H and O–H groups in total. The molecular weight excluding hydrogens is 238 g/mol. The Bertz CT molecular complexity index is 519. The van der Waals surface area contributed by atoms with E-state index in [1.54, 1.807) is 11.9 Å². The lowest BCUT2D eigenvalue weighted by Gasteiger charge is -2.24. The van der Waals surface area contributed by atoms with E-state index in [1.807, 2.05) is 25.1 Å². The lowest BCUT2D eigenvalue weighted by Crippen LogP contribution is -2.35. The average molecular weight is 257 g/mol. The Morgan fingerprint density at radius 2 is 2.32 bits per heavy atom. The Balaban J connectivity index is 2.17. The molecule has 0 spiro atoms. The maximum absolute atomic E-state index is 12.3. The molecule has 1 aromatic rings. The highest BCUT2D eigenvalue weighted by molar-refractivity contribution is 5.94. The van der Waals surface area contributed by atoms with Crippen LogP contribution in [0.1, 0.15) is 34.8 Å². The molecule has 4 nitrogen and oxygen atoms in total. The molecule has 1 aromatic carbocycles. The minimum atomic E-state index is -0.0633. The van der Waals surface area contributed by atoms with Crippen LogP contribution in [0.4, 0.5) is 0 Å². The summed E-state index contributed by atoms with van der Waals surface area (Å²) in [5.41, 5.74) is 3.23. The standard InChI is InChI=1S/C15H19N3O/c1-11(5-7-16)18(2)15(19)13-4-3-12-6-8-17-10-14(12)9-13/h3-4,9,11,17H,5-6,8,10H2,1-2H3. The molecule has 0 bridgehead atoms. The summed E-state index contributed by atoms with van der Waals surface area (Å²) in [6.07, 6.45) is 1.37. The third-order valence-corrected chi connectivity index (χ3v) is 3.71. The highest BCUT2D eigenvalue weighted by Crippen LogP contribution is 2.17. The van der Waals surface area contributed by atoms with Crippen LogP contribution in [-0.4, -0.2) is 30.4 Å². The Morgan fingerprint density at radius 1 is 1.53 bits per heavy atom. The molecule has 1 aliphatic rings. The zero-order valence-electron chi connectivity index (χ0n) is 11.4. The Hall–Kier alpha value is -1.86. The van der Waals surface area contributed by atoms with Crippen molar-refractivity contribution in [1.82, 2.24) is 10.2 Å². The predicted molar refractivity (Wildman–Crippen MR) is 73.6 cm³/mol. The molecule has 1 amide bonds. The van der Waals surface area contributed by atoms with Gasteiger partial charge in [-0.2, -0.15) is 5.26 Å². The van der Waals surface area contributed by atoms with E-state index in [2.05, 4.69) is 11.4 Å². The van der Waals surface area contributed by atoms with Crippen LogP contribution in [-0.2, 0) is 13.0 Å². The van der Waals surface area contributed by atoms with Gasteiger partial charge in [0, 0.05) is 25.2 Å². The molecule has 19 heavy (non-hydrogen) atoms. The van der Waals surface area contributed by atoms with Gasteiger partial charge in [-0.05, 0) is 43.1 Å². The van der Waals surface area contributed by atoms with Crippen molar-refractivity contribution in [2.24, 2.45) is 0 Å². The van der Waals surface area contributed by atoms with Crippen LogP contribution in [0.3, 0.4) is 0 Å². The average Bonchev–Trinajstić information content (AvgIpc) is 2.45. The zero-order valence-corrected chi connectivity index (χ0v) is 11.4. The summed E-state index contributed by atoms with van der Waals surface area (Å²) in [6, 6.07) is 7.95. The summed E-state index contributed by atoms with van der Waals surface area (Å²) in [4.78, 5) is 14.0. The first kappa shape index (κ1) is 13.6. The first-order valence-electron chi connectivity index (χ1n) is 6.60. The number of benzene rings is 1. The molecule has 1 atom stereocenters. The summed E-state index contributed by atoms with van der Waals surface area (Å²) in [5, 5.41) is 12.0. The number of rotatable bonds is 3. The molecule has 1 heterocycles. The monoisotopic (exact) mass is 257 g/mol. The van der Waals surface area contributed by atoms with E-state index in [0.29, 0.717) is 12.0 Å². The van der Waals surface area contributed by atoms with E-state index >= 15 is 0 Å². The molecule has 1 unspecified atom stereocenters. The lowest BCUT2D eigenvalue weighted by molar-refractivity contribution is 0.0746. The minimum absolute atomic E-state index is 0.0175. The van der Waals surface area contributed by atoms with E-state index in [4.69, 9.17) is 5.26 Å². The van der Waals surface area contributed by atoms with Crippen LogP contribution in [0, 0.1) is 11.3 Å². The maximum Gasteiger partial charge on any atom is 0.253 e. The van der Waals surface area contributed by atoms with Gasteiger partial charge in [-0.1, -0.05) is 6.07 Å². The van der Waals surface area contributed by atoms with Crippen LogP contribution in [0.5, 0.6) is 0 Å². The van der Waals surface area contributed by atoms with Gasteiger partial charge < -0.3 is 10.2 Å². The molecule has 0 radical (unpaired) electrons. The highest BCUT2D eigenvalue weighted by Gasteiger charge is 2.19. The van der Waals surface area contributed by atoms with Gasteiger partial charge >= 0.3 is 0 Å². The number of nitrogens with zero attached hydrogens (tertiary/aromatic N) is 2. The quantitative estimate of drug-likeness (QED) is 0.896. The van der Waals surface area contributed by atoms with Crippen LogP contribution < -0.4 is 5.32 Å². The molecule has 4 heteroatoms. The third-order valence-electron chi connectivity index (χ3n) is 3.71. The molecule has 0 aromatic heterocycles. The molecule has 0 saturated heterocycles. The van der Waals surface area contributed by atoms with Crippen molar-refractivity contribution < 1.29 is 4.79 Å². The Kier molecular flexibility index (Phi) is 4.18. The Labute approximate surface area is 114 Å². The fourth-order valence-corrected chi connectivity index (χ4v) is 2.29. The lowest BCUT2D eigenvalue weighted by atomic mass is 9.98. The van der Waals surface area contributed by atoms with Crippen molar-refractivity contribution in [1.29, 1.82) is 5.26 Å². The summed E-state index contributed by atoms with van der Waals surface area (Å²) < 4.78 is 0. The smallest absolute Gasteiger partial charge is 0.253 e. The van der Waals surface area contributed by atoms with Gasteiger partial charge in [-0.25, -0.2) is 0 Å². The van der Waals surface area contributed by atoms with E-state index in [9.17, 15) is 4.79 Å². The minimum Gasteiger partial charge on any atom is -0.338 e. The fraction of sp³-hybridized carbons (Fsp3) is 0.467. The second-order valence-electron chi connectivity index (χ2n) is 5.04. The topological polar surface area (TPSA) is 56.1 Å². The number of amides is 1. The largest absolute Gasteiger partial charge is 0.338 e. The molecular formula is C15H19N3O. The number of hydrogen-bond acceptors (Lipinski definition) is 3. The van der Waals surface area contributed by atoms with E-state index < -0.39 is 0 Å². The summed E-state index contributed by atoms with van der Waals surface area (Å²) in [5.74, 6) is -0.0175. The van der Waals surface area contributed by atoms with E-state index in [1.165, 1.54) is 11.1 Å². The molecule has 1 aliphatic heterocycles. The highest BCUT2D eigenvalue weighted by atomic mass is 16.2. The molecule has 0 aliphatic carbocycles. The number of fused-ring (bicyclic) bond motifs is 1. The second kappa shape index (κ2) is 5.85. The fourth-order valence-electron chi connectivity index (χ4n) is 2.29. The normalized spacial score (nSPS) is 15.2. The number of carbonyl (C=O) groups is 1. The van der Waals surface area contributed by atoms with E-state index in [-0.39, 0.29) is 11.9 Å². The van der Waals surface area contributed by atoms with Crippen LogP contribution in [0.2, 0.25) is 0 Å². The van der Waals surface area contributed by atoms with Gasteiger partial charge in [0.05, 0.1) is 12.5 Å². The van der Waals surface area contributed by atoms with Gasteiger partial charge in [-0.15, -0.1) is 0 Å². The molecule has 100 valence electrons. The van der Waals surface area contributed by atoms with Crippen molar-refractivity contribution in [3.63, 3.8) is 0 Å². The molecule has 2 rings (SSSR count). The second-order valence-corrected chi connectivity index (χ2v) is 5.04. The number of nitriles is 1. The van der Waals surface area contributed by atoms with Gasteiger partial charge in [0.15, 0.2) is 0 Å². The first-order chi connectivity index (χ1) is 9.13. The van der Waals surface area contributed by atoms with Crippen LogP contribution in [0.15, 0.2) is 18.2 Å². The number of hydrogen-bond donors (Lipinski definition) is 1. The van der Waals surface area contributed by atoms with Gasteiger partial charge in [-0.3, -0.25) is 4.79 Å². The zero-order chi connectivity index (χ0) is 13.8. The van der Waals surface area contributed by atoms with E-state index in [0.717, 1.165) is 19.5 Å². The molecule has 0 fully saturated rings. The van der Waals surface area contributed by atoms with Crippen molar-refractivity contribution in [3.05, 3.63) is 34.9 Å². The third kappa shape index (κ3) is 2.94. The van der Waals surface area contributed by atoms with Crippen molar-refractivity contribution in [2.45, 2.75) is 32.4 Å². The number of nitrogens with one attached hydrogen (secondary N) is 1. The first-order valence-corrected chi connectivity index (χ1v) is 6.60. The maximum atomic E-state index is 12.3. The summed E-state index contributed by atoms with van der Waals surface area (Å²) in [7, 11) is 1.75. The van der Waals surface area contributed by atoms with Crippen molar-refractivity contribution >= 4 is 5.91 Å². The number of carbonyl (C=O) groups excluding carboxylic acids is 1.